The summed E-state index contributed by atoms with van der Waals surface area (Å²) >= 11 is 0. The number of imidazole rings is 1. The van der Waals surface area contributed by atoms with E-state index in [1.54, 1.807) is 0 Å². The zero-order valence-corrected chi connectivity index (χ0v) is 18.8. The Hall–Kier alpha value is -4.05. The van der Waals surface area contributed by atoms with Crippen LogP contribution in [0.15, 0.2) is 12.5 Å². The molecule has 1 rings (SSSR count). The van der Waals surface area contributed by atoms with Crippen LogP contribution >= 0.6 is 0 Å². The van der Waals surface area contributed by atoms with Crippen LogP contribution in [0.25, 0.3) is 0 Å². The number of primary amides is 1. The van der Waals surface area contributed by atoms with Crippen molar-refractivity contribution in [3.63, 3.8) is 0 Å². The first-order chi connectivity index (χ1) is 16.3. The molecule has 0 aliphatic carbocycles. The number of aliphatic hydroxyl groups is 1. The van der Waals surface area contributed by atoms with Gasteiger partial charge >= 0.3 is 11.9 Å². The number of carbonyl (C=O) groups excluding carboxylic acids is 4. The molecular formula is C19H29N7O9. The summed E-state index contributed by atoms with van der Waals surface area (Å²) in [6, 6.07) is -6.11. The van der Waals surface area contributed by atoms with Crippen LogP contribution in [-0.2, 0) is 35.2 Å². The van der Waals surface area contributed by atoms with Gasteiger partial charge in [0.25, 0.3) is 0 Å². The van der Waals surface area contributed by atoms with Crippen molar-refractivity contribution in [3.8, 4) is 0 Å². The normalized spacial score (nSPS) is 15.1. The van der Waals surface area contributed by atoms with Crippen LogP contribution in [0.3, 0.4) is 0 Å². The number of nitrogens with one attached hydrogen (secondary N) is 4. The second kappa shape index (κ2) is 13.6. The van der Waals surface area contributed by atoms with Gasteiger partial charge in [-0.05, 0) is 13.3 Å². The summed E-state index contributed by atoms with van der Waals surface area (Å²) in [5, 5.41) is 34.6. The molecule has 0 bridgehead atoms. The highest BCUT2D eigenvalue weighted by atomic mass is 16.4. The molecule has 0 saturated heterocycles. The van der Waals surface area contributed by atoms with Gasteiger partial charge < -0.3 is 47.7 Å². The Morgan fingerprint density at radius 2 is 1.66 bits per heavy atom. The summed E-state index contributed by atoms with van der Waals surface area (Å²) in [6.45, 7) is 1.12. The molecule has 35 heavy (non-hydrogen) atoms. The number of aliphatic hydroxyl groups excluding tert-OH is 1. The lowest BCUT2D eigenvalue weighted by atomic mass is 10.1. The van der Waals surface area contributed by atoms with Crippen molar-refractivity contribution in [3.05, 3.63) is 18.2 Å². The maximum atomic E-state index is 12.7. The fourth-order valence-corrected chi connectivity index (χ4v) is 2.85. The van der Waals surface area contributed by atoms with Gasteiger partial charge in [-0.15, -0.1) is 0 Å². The Bertz CT molecular complexity index is 920. The summed E-state index contributed by atoms with van der Waals surface area (Å²) in [5.74, 6) is -6.87. The number of hydrogen-bond donors (Lipinski definition) is 9. The highest BCUT2D eigenvalue weighted by Gasteiger charge is 2.33. The predicted molar refractivity (Wildman–Crippen MR) is 116 cm³/mol. The van der Waals surface area contributed by atoms with E-state index in [1.165, 1.54) is 12.5 Å². The quantitative estimate of drug-likeness (QED) is 0.112. The molecule has 16 nitrogen and oxygen atoms in total. The van der Waals surface area contributed by atoms with E-state index in [-0.39, 0.29) is 19.3 Å². The van der Waals surface area contributed by atoms with E-state index in [9.17, 15) is 39.0 Å². The average molecular weight is 499 g/mol. The molecule has 1 aromatic heterocycles. The molecule has 194 valence electrons. The summed E-state index contributed by atoms with van der Waals surface area (Å²) in [6.07, 6.45) is -0.323. The summed E-state index contributed by atoms with van der Waals surface area (Å²) in [7, 11) is 0. The number of hydrogen-bond acceptors (Lipinski definition) is 9. The fourth-order valence-electron chi connectivity index (χ4n) is 2.85. The van der Waals surface area contributed by atoms with E-state index in [0.29, 0.717) is 5.69 Å². The first-order valence-electron chi connectivity index (χ1n) is 10.4. The average Bonchev–Trinajstić information content (AvgIpc) is 3.26. The Morgan fingerprint density at radius 3 is 2.14 bits per heavy atom. The molecule has 0 saturated carbocycles. The number of amides is 4. The van der Waals surface area contributed by atoms with Gasteiger partial charge in [0.15, 0.2) is 0 Å². The lowest BCUT2D eigenvalue weighted by Gasteiger charge is -2.26. The minimum Gasteiger partial charge on any atom is -0.481 e. The minimum atomic E-state index is -1.72. The Morgan fingerprint density at radius 1 is 1.03 bits per heavy atom. The third kappa shape index (κ3) is 10.2. The third-order valence-corrected chi connectivity index (χ3v) is 4.70. The summed E-state index contributed by atoms with van der Waals surface area (Å²) in [4.78, 5) is 77.6. The van der Waals surface area contributed by atoms with Gasteiger partial charge in [0, 0.05) is 24.7 Å². The largest absolute Gasteiger partial charge is 0.481 e. The molecule has 0 radical (unpaired) electrons. The molecule has 4 amide bonds. The van der Waals surface area contributed by atoms with Crippen LogP contribution in [0.1, 0.15) is 31.9 Å². The second-order valence-corrected chi connectivity index (χ2v) is 7.68. The molecule has 0 aliphatic heterocycles. The Balaban J connectivity index is 2.91. The first-order valence-corrected chi connectivity index (χ1v) is 10.4. The standard InChI is InChI=1S/C19H29N7O9/c1-8(27)15(18(33)24-11(19(34)35)2-3-13(21)28)26-17(32)12(5-14(29)30)25-16(31)10(20)4-9-6-22-7-23-9/h6-8,10-12,15,27H,2-5,20H2,1H3,(H2,21,28)(H,22,23)(H,24,33)(H,25,31)(H,26,32)(H,29,30)(H,34,35). The van der Waals surface area contributed by atoms with Crippen LogP contribution in [-0.4, -0.2) is 91.1 Å². The minimum absolute atomic E-state index is 0.00777. The van der Waals surface area contributed by atoms with Crippen molar-refractivity contribution >= 4 is 35.6 Å². The number of carboxylic acids is 2. The number of aromatic amines is 1. The van der Waals surface area contributed by atoms with E-state index < -0.39 is 72.3 Å². The zero-order valence-electron chi connectivity index (χ0n) is 18.8. The molecule has 1 heterocycles. The highest BCUT2D eigenvalue weighted by Crippen LogP contribution is 2.04. The van der Waals surface area contributed by atoms with Gasteiger partial charge in [-0.1, -0.05) is 0 Å². The number of carboxylic acid groups (broad SMARTS) is 2. The van der Waals surface area contributed by atoms with Gasteiger partial charge in [-0.25, -0.2) is 9.78 Å². The van der Waals surface area contributed by atoms with Gasteiger partial charge in [0.1, 0.15) is 18.1 Å². The van der Waals surface area contributed by atoms with Crippen LogP contribution in [0.4, 0.5) is 0 Å². The van der Waals surface area contributed by atoms with E-state index in [2.05, 4.69) is 25.9 Å². The predicted octanol–water partition coefficient (Wildman–Crippen LogP) is -4.06. The van der Waals surface area contributed by atoms with Crippen molar-refractivity contribution in [2.75, 3.05) is 0 Å². The van der Waals surface area contributed by atoms with Gasteiger partial charge in [-0.2, -0.15) is 0 Å². The van der Waals surface area contributed by atoms with Crippen molar-refractivity contribution in [2.24, 2.45) is 11.5 Å². The van der Waals surface area contributed by atoms with Crippen molar-refractivity contribution < 1.29 is 44.1 Å². The maximum Gasteiger partial charge on any atom is 0.326 e. The van der Waals surface area contributed by atoms with E-state index in [1.807, 2.05) is 0 Å². The van der Waals surface area contributed by atoms with Gasteiger partial charge in [-0.3, -0.25) is 24.0 Å². The monoisotopic (exact) mass is 499 g/mol. The van der Waals surface area contributed by atoms with E-state index in [4.69, 9.17) is 16.6 Å². The first kappa shape index (κ1) is 29.0. The van der Waals surface area contributed by atoms with Crippen LogP contribution in [0, 0.1) is 0 Å². The number of aliphatic carboxylic acids is 2. The van der Waals surface area contributed by atoms with Gasteiger partial charge in [0.05, 0.1) is 24.9 Å². The van der Waals surface area contributed by atoms with Crippen LogP contribution < -0.4 is 27.4 Å². The lowest BCUT2D eigenvalue weighted by molar-refractivity contribution is -0.144. The second-order valence-electron chi connectivity index (χ2n) is 7.68. The molecule has 16 heteroatoms. The molecule has 0 aromatic carbocycles. The topological polar surface area (TPSA) is 280 Å². The Kier molecular flexibility index (Phi) is 11.3. The molecule has 11 N–H and O–H groups in total. The Labute approximate surface area is 198 Å². The SMILES string of the molecule is CC(O)C(NC(=O)C(CC(=O)O)NC(=O)C(N)Cc1cnc[nH]1)C(=O)NC(CCC(N)=O)C(=O)O. The number of H-pyrrole nitrogens is 1. The summed E-state index contributed by atoms with van der Waals surface area (Å²) < 4.78 is 0. The molecular weight excluding hydrogens is 470 g/mol. The number of aromatic nitrogens is 2. The molecule has 1 aromatic rings. The zero-order chi connectivity index (χ0) is 26.7. The highest BCUT2D eigenvalue weighted by molar-refractivity contribution is 5.96. The third-order valence-electron chi connectivity index (χ3n) is 4.70. The molecule has 0 spiro atoms. The number of nitrogens with two attached hydrogens (primary N) is 2. The van der Waals surface area contributed by atoms with Crippen LogP contribution in [0.5, 0.6) is 0 Å². The van der Waals surface area contributed by atoms with E-state index in [0.717, 1.165) is 6.92 Å². The molecule has 5 unspecified atom stereocenters. The number of carbonyl (C=O) groups is 6. The molecule has 0 fully saturated rings. The maximum absolute atomic E-state index is 12.7. The number of rotatable bonds is 15. The fraction of sp³-hybridized carbons (Fsp3) is 0.526. The van der Waals surface area contributed by atoms with Crippen molar-refractivity contribution in [1.82, 2.24) is 25.9 Å². The molecule has 0 aliphatic rings. The van der Waals surface area contributed by atoms with E-state index >= 15 is 0 Å². The molecule has 5 atom stereocenters. The van der Waals surface area contributed by atoms with Gasteiger partial charge in [0.2, 0.25) is 23.6 Å². The smallest absolute Gasteiger partial charge is 0.326 e. The number of nitrogens with zero attached hydrogens (tertiary/aromatic N) is 1. The van der Waals surface area contributed by atoms with Crippen molar-refractivity contribution in [2.45, 2.75) is 62.9 Å². The lowest BCUT2D eigenvalue weighted by Crippen LogP contribution is -2.60. The summed E-state index contributed by atoms with van der Waals surface area (Å²) in [5.41, 5.74) is 11.3. The van der Waals surface area contributed by atoms with Crippen LogP contribution in [0.2, 0.25) is 0 Å². The van der Waals surface area contributed by atoms with Crippen molar-refractivity contribution in [1.29, 1.82) is 0 Å².